The largest absolute Gasteiger partial charge is 0.418 e. The summed E-state index contributed by atoms with van der Waals surface area (Å²) >= 11 is 0. The van der Waals surface area contributed by atoms with E-state index in [1.165, 1.54) is 22.3 Å². The van der Waals surface area contributed by atoms with E-state index in [1.54, 1.807) is 18.5 Å². The van der Waals surface area contributed by atoms with Crippen LogP contribution in [0.15, 0.2) is 73.1 Å². The molecule has 0 aliphatic carbocycles. The molecular weight excluding hydrogens is 353 g/mol. The van der Waals surface area contributed by atoms with Gasteiger partial charge in [0, 0.05) is 31.0 Å². The van der Waals surface area contributed by atoms with Crippen LogP contribution in [0.25, 0.3) is 5.69 Å². The number of ether oxygens (including phenoxy) is 1. The van der Waals surface area contributed by atoms with E-state index in [0.29, 0.717) is 6.61 Å². The van der Waals surface area contributed by atoms with E-state index in [-0.39, 0.29) is 11.9 Å². The van der Waals surface area contributed by atoms with Gasteiger partial charge in [0.1, 0.15) is 6.23 Å². The van der Waals surface area contributed by atoms with E-state index >= 15 is 0 Å². The van der Waals surface area contributed by atoms with Gasteiger partial charge in [-0.15, -0.1) is 0 Å². The fraction of sp³-hybridized carbons (Fsp3) is 0.238. The van der Waals surface area contributed by atoms with Gasteiger partial charge < -0.3 is 9.30 Å². The molecule has 3 aromatic rings. The standard InChI is InChI=1S/C21H19F3N2O/c22-21(23,24)18-8-4-5-9-19(18)25-11-10-17(15-25)20-26(12-13-27-20)14-16-6-2-1-3-7-16/h1-11,15,20H,12-14H2. The first-order valence-corrected chi connectivity index (χ1v) is 8.76. The molecule has 1 atom stereocenters. The molecule has 0 bridgehead atoms. The molecule has 1 saturated heterocycles. The van der Waals surface area contributed by atoms with E-state index in [1.807, 2.05) is 24.3 Å². The first-order valence-electron chi connectivity index (χ1n) is 8.76. The average molecular weight is 372 g/mol. The summed E-state index contributed by atoms with van der Waals surface area (Å²) < 4.78 is 47.3. The Labute approximate surface area is 155 Å². The molecule has 1 aliphatic heterocycles. The number of aromatic nitrogens is 1. The smallest absolute Gasteiger partial charge is 0.357 e. The Kier molecular flexibility index (Phi) is 4.76. The predicted molar refractivity (Wildman–Crippen MR) is 96.3 cm³/mol. The van der Waals surface area contributed by atoms with Crippen molar-refractivity contribution < 1.29 is 17.9 Å². The number of hydrogen-bond acceptors (Lipinski definition) is 2. The van der Waals surface area contributed by atoms with Crippen LogP contribution in [0.1, 0.15) is 22.9 Å². The predicted octanol–water partition coefficient (Wildman–Crippen LogP) is 5.03. The molecule has 2 heterocycles. The third kappa shape index (κ3) is 3.77. The van der Waals surface area contributed by atoms with Crippen molar-refractivity contribution in [1.82, 2.24) is 9.47 Å². The molecule has 0 radical (unpaired) electrons. The van der Waals surface area contributed by atoms with Gasteiger partial charge in [-0.25, -0.2) is 0 Å². The number of alkyl halides is 3. The zero-order chi connectivity index (χ0) is 18.9. The van der Waals surface area contributed by atoms with Crippen molar-refractivity contribution in [2.24, 2.45) is 0 Å². The number of hydrogen-bond donors (Lipinski definition) is 0. The lowest BCUT2D eigenvalue weighted by Crippen LogP contribution is -2.23. The van der Waals surface area contributed by atoms with Gasteiger partial charge in [-0.2, -0.15) is 13.2 Å². The fourth-order valence-electron chi connectivity index (χ4n) is 3.44. The van der Waals surface area contributed by atoms with Gasteiger partial charge in [-0.3, -0.25) is 4.90 Å². The molecule has 6 heteroatoms. The molecule has 140 valence electrons. The monoisotopic (exact) mass is 372 g/mol. The highest BCUT2D eigenvalue weighted by Crippen LogP contribution is 2.35. The number of nitrogens with zero attached hydrogens (tertiary/aromatic N) is 2. The Morgan fingerprint density at radius 2 is 1.70 bits per heavy atom. The minimum absolute atomic E-state index is 0.115. The van der Waals surface area contributed by atoms with Crippen LogP contribution >= 0.6 is 0 Å². The summed E-state index contributed by atoms with van der Waals surface area (Å²) in [5.41, 5.74) is 1.49. The lowest BCUT2D eigenvalue weighted by Gasteiger charge is -2.22. The van der Waals surface area contributed by atoms with Crippen molar-refractivity contribution >= 4 is 0 Å². The zero-order valence-electron chi connectivity index (χ0n) is 14.6. The van der Waals surface area contributed by atoms with Crippen LogP contribution < -0.4 is 0 Å². The minimum Gasteiger partial charge on any atom is -0.357 e. The van der Waals surface area contributed by atoms with Crippen molar-refractivity contribution in [2.75, 3.05) is 13.2 Å². The first kappa shape index (κ1) is 17.8. The fourth-order valence-corrected chi connectivity index (χ4v) is 3.44. The van der Waals surface area contributed by atoms with Gasteiger partial charge in [0.15, 0.2) is 0 Å². The maximum absolute atomic E-state index is 13.3. The van der Waals surface area contributed by atoms with E-state index < -0.39 is 11.7 Å². The Hall–Kier alpha value is -2.57. The molecule has 0 amide bonds. The summed E-state index contributed by atoms with van der Waals surface area (Å²) in [7, 11) is 0. The van der Waals surface area contributed by atoms with E-state index in [9.17, 15) is 13.2 Å². The van der Waals surface area contributed by atoms with Gasteiger partial charge in [0.2, 0.25) is 0 Å². The van der Waals surface area contributed by atoms with Gasteiger partial charge in [-0.05, 0) is 23.8 Å². The van der Waals surface area contributed by atoms with E-state index in [2.05, 4.69) is 17.0 Å². The lowest BCUT2D eigenvalue weighted by molar-refractivity contribution is -0.137. The molecule has 0 saturated carbocycles. The van der Waals surface area contributed by atoms with Gasteiger partial charge in [0.25, 0.3) is 0 Å². The van der Waals surface area contributed by atoms with Crippen LogP contribution in [0, 0.1) is 0 Å². The van der Waals surface area contributed by atoms with Gasteiger partial charge in [0.05, 0.1) is 17.9 Å². The maximum Gasteiger partial charge on any atom is 0.418 e. The zero-order valence-corrected chi connectivity index (χ0v) is 14.6. The van der Waals surface area contributed by atoms with Gasteiger partial charge >= 0.3 is 6.18 Å². The van der Waals surface area contributed by atoms with Crippen molar-refractivity contribution in [2.45, 2.75) is 18.9 Å². The summed E-state index contributed by atoms with van der Waals surface area (Å²) in [6, 6.07) is 17.5. The second kappa shape index (κ2) is 7.21. The molecule has 27 heavy (non-hydrogen) atoms. The SMILES string of the molecule is FC(F)(F)c1ccccc1-n1ccc(C2OCCN2Cc2ccccc2)c1. The summed E-state index contributed by atoms with van der Waals surface area (Å²) in [6.07, 6.45) is -1.28. The number of halogens is 3. The van der Waals surface area contributed by atoms with Crippen LogP contribution in [0.2, 0.25) is 0 Å². The van der Waals surface area contributed by atoms with Crippen molar-refractivity contribution in [3.8, 4) is 5.69 Å². The normalized spacial score (nSPS) is 18.1. The molecule has 2 aromatic carbocycles. The topological polar surface area (TPSA) is 17.4 Å². The second-order valence-corrected chi connectivity index (χ2v) is 6.55. The van der Waals surface area contributed by atoms with E-state index in [4.69, 9.17) is 4.74 Å². The van der Waals surface area contributed by atoms with Crippen molar-refractivity contribution in [1.29, 1.82) is 0 Å². The van der Waals surface area contributed by atoms with Crippen molar-refractivity contribution in [3.05, 3.63) is 89.7 Å². The minimum atomic E-state index is -4.40. The van der Waals surface area contributed by atoms with Crippen LogP contribution in [-0.2, 0) is 17.5 Å². The molecule has 3 nitrogen and oxygen atoms in total. The van der Waals surface area contributed by atoms with Gasteiger partial charge in [-0.1, -0.05) is 42.5 Å². The molecule has 1 fully saturated rings. The number of rotatable bonds is 4. The molecule has 0 spiro atoms. The Balaban J connectivity index is 1.59. The summed E-state index contributed by atoms with van der Waals surface area (Å²) in [5, 5.41) is 0. The lowest BCUT2D eigenvalue weighted by atomic mass is 10.1. The number of para-hydroxylation sites is 1. The average Bonchev–Trinajstić information content (AvgIpc) is 3.31. The molecule has 1 aliphatic rings. The molecule has 0 N–H and O–H groups in total. The summed E-state index contributed by atoms with van der Waals surface area (Å²) in [5.74, 6) is 0. The van der Waals surface area contributed by atoms with Crippen molar-refractivity contribution in [3.63, 3.8) is 0 Å². The molecule has 1 unspecified atom stereocenters. The number of benzene rings is 2. The third-order valence-electron chi connectivity index (χ3n) is 4.70. The molecular formula is C21H19F3N2O. The highest BCUT2D eigenvalue weighted by Gasteiger charge is 2.34. The second-order valence-electron chi connectivity index (χ2n) is 6.55. The molecule has 4 rings (SSSR count). The van der Waals surface area contributed by atoms with Crippen LogP contribution in [0.3, 0.4) is 0 Å². The highest BCUT2D eigenvalue weighted by molar-refractivity contribution is 5.44. The Morgan fingerprint density at radius 1 is 0.963 bits per heavy atom. The Bertz CT molecular complexity index is 905. The van der Waals surface area contributed by atoms with Crippen LogP contribution in [0.4, 0.5) is 13.2 Å². The van der Waals surface area contributed by atoms with E-state index in [0.717, 1.165) is 24.7 Å². The molecule has 1 aromatic heterocycles. The summed E-state index contributed by atoms with van der Waals surface area (Å²) in [6.45, 7) is 2.11. The van der Waals surface area contributed by atoms with Crippen LogP contribution in [-0.4, -0.2) is 22.6 Å². The van der Waals surface area contributed by atoms with Crippen LogP contribution in [0.5, 0.6) is 0 Å². The third-order valence-corrected chi connectivity index (χ3v) is 4.70. The first-order chi connectivity index (χ1) is 13.0. The highest BCUT2D eigenvalue weighted by atomic mass is 19.4. The summed E-state index contributed by atoms with van der Waals surface area (Å²) in [4.78, 5) is 2.19. The Morgan fingerprint density at radius 3 is 2.48 bits per heavy atom. The maximum atomic E-state index is 13.3. The quantitative estimate of drug-likeness (QED) is 0.639.